The van der Waals surface area contributed by atoms with Gasteiger partial charge >= 0.3 is 0 Å². The fourth-order valence-electron chi connectivity index (χ4n) is 4.85. The molecule has 3 aromatic rings. The molecule has 2 aliphatic rings. The Kier molecular flexibility index (Phi) is 6.74. The molecule has 2 heterocycles. The summed E-state index contributed by atoms with van der Waals surface area (Å²) in [5.74, 6) is 1.85. The summed E-state index contributed by atoms with van der Waals surface area (Å²) in [5, 5.41) is 0. The second kappa shape index (κ2) is 10.2. The standard InChI is InChI=1S/C28H30FN3O2/c29-18-21-3-1-2-20(4-5-21)16-27(33)32-14-15-34-26-11-10-24(17-25(26)19-32)22-6-8-23(9-7-22)28-30-12-13-31-28/h6-13,16-17,21H,1-5,14-15,18-19H2,(H,30,31)/b20-16+. The normalized spacial score (nSPS) is 19.7. The molecule has 6 heteroatoms. The Morgan fingerprint density at radius 1 is 1.12 bits per heavy atom. The minimum atomic E-state index is -0.255. The van der Waals surface area contributed by atoms with Crippen LogP contribution in [0, 0.1) is 5.92 Å². The molecule has 1 aromatic heterocycles. The molecule has 0 saturated heterocycles. The quantitative estimate of drug-likeness (QED) is 0.388. The molecule has 2 aromatic carbocycles. The van der Waals surface area contributed by atoms with Crippen LogP contribution in [0.15, 0.2) is 66.5 Å². The van der Waals surface area contributed by atoms with Crippen LogP contribution in [-0.4, -0.2) is 40.6 Å². The third-order valence-electron chi connectivity index (χ3n) is 6.87. The van der Waals surface area contributed by atoms with Gasteiger partial charge in [-0.2, -0.15) is 0 Å². The van der Waals surface area contributed by atoms with Crippen LogP contribution < -0.4 is 4.74 Å². The number of nitrogens with one attached hydrogen (secondary N) is 1. The molecule has 1 unspecified atom stereocenters. The molecule has 1 atom stereocenters. The van der Waals surface area contributed by atoms with Crippen LogP contribution in [0.3, 0.4) is 0 Å². The van der Waals surface area contributed by atoms with Crippen LogP contribution in [0.25, 0.3) is 22.5 Å². The van der Waals surface area contributed by atoms with Gasteiger partial charge in [0.15, 0.2) is 0 Å². The number of fused-ring (bicyclic) bond motifs is 1. The van der Waals surface area contributed by atoms with Crippen LogP contribution in [0.4, 0.5) is 4.39 Å². The minimum absolute atomic E-state index is 0.0263. The van der Waals surface area contributed by atoms with Crippen molar-refractivity contribution in [1.29, 1.82) is 0 Å². The van der Waals surface area contributed by atoms with Gasteiger partial charge in [0.05, 0.1) is 13.2 Å². The van der Waals surface area contributed by atoms with E-state index in [0.29, 0.717) is 19.7 Å². The second-order valence-corrected chi connectivity index (χ2v) is 9.20. The van der Waals surface area contributed by atoms with E-state index in [4.69, 9.17) is 4.74 Å². The van der Waals surface area contributed by atoms with Crippen molar-refractivity contribution in [2.45, 2.75) is 38.6 Å². The molecule has 1 N–H and O–H groups in total. The van der Waals surface area contributed by atoms with Crippen molar-refractivity contribution >= 4 is 5.91 Å². The van der Waals surface area contributed by atoms with E-state index in [1.54, 1.807) is 12.3 Å². The van der Waals surface area contributed by atoms with Crippen LogP contribution in [0.2, 0.25) is 0 Å². The first-order chi connectivity index (χ1) is 16.7. The summed E-state index contributed by atoms with van der Waals surface area (Å²) in [7, 11) is 0. The van der Waals surface area contributed by atoms with Crippen molar-refractivity contribution < 1.29 is 13.9 Å². The van der Waals surface area contributed by atoms with E-state index < -0.39 is 0 Å². The fraction of sp³-hybridized carbons (Fsp3) is 0.357. The van der Waals surface area contributed by atoms with Crippen LogP contribution in [0.5, 0.6) is 5.75 Å². The Morgan fingerprint density at radius 3 is 2.74 bits per heavy atom. The van der Waals surface area contributed by atoms with Crippen molar-refractivity contribution in [3.8, 4) is 28.3 Å². The molecule has 1 amide bonds. The number of hydrogen-bond donors (Lipinski definition) is 1. The summed E-state index contributed by atoms with van der Waals surface area (Å²) in [6.07, 6.45) is 9.78. The van der Waals surface area contributed by atoms with Crippen molar-refractivity contribution in [3.63, 3.8) is 0 Å². The van der Waals surface area contributed by atoms with Gasteiger partial charge in [0.1, 0.15) is 18.2 Å². The Labute approximate surface area is 199 Å². The average molecular weight is 460 g/mol. The number of hydrogen-bond acceptors (Lipinski definition) is 3. The summed E-state index contributed by atoms with van der Waals surface area (Å²) in [5.41, 5.74) is 5.38. The number of rotatable bonds is 4. The molecule has 1 aliphatic heterocycles. The van der Waals surface area contributed by atoms with Gasteiger partial charge in [-0.25, -0.2) is 4.98 Å². The molecular weight excluding hydrogens is 429 g/mol. The SMILES string of the molecule is O=C(/C=C1\CCCC(CF)CC1)N1CCOc2ccc(-c3ccc(-c4ncc[nH]4)cc3)cc2C1. The Balaban J connectivity index is 1.32. The third-order valence-corrected chi connectivity index (χ3v) is 6.87. The highest BCUT2D eigenvalue weighted by atomic mass is 19.1. The number of aromatic nitrogens is 2. The molecule has 1 saturated carbocycles. The van der Waals surface area contributed by atoms with E-state index in [1.165, 1.54) is 0 Å². The maximum Gasteiger partial charge on any atom is 0.246 e. The number of halogens is 1. The number of aromatic amines is 1. The number of benzene rings is 2. The van der Waals surface area contributed by atoms with E-state index in [0.717, 1.165) is 71.5 Å². The molecule has 176 valence electrons. The molecule has 0 bridgehead atoms. The molecule has 34 heavy (non-hydrogen) atoms. The first kappa shape index (κ1) is 22.4. The van der Waals surface area contributed by atoms with Gasteiger partial charge in [-0.05, 0) is 61.3 Å². The van der Waals surface area contributed by atoms with Gasteiger partial charge in [-0.1, -0.05) is 35.9 Å². The van der Waals surface area contributed by atoms with E-state index in [2.05, 4.69) is 46.4 Å². The number of imidazole rings is 1. The largest absolute Gasteiger partial charge is 0.491 e. The summed E-state index contributed by atoms with van der Waals surface area (Å²) >= 11 is 0. The lowest BCUT2D eigenvalue weighted by molar-refractivity contribution is -0.126. The topological polar surface area (TPSA) is 58.2 Å². The van der Waals surface area contributed by atoms with Gasteiger partial charge in [0.25, 0.3) is 0 Å². The molecule has 1 aliphatic carbocycles. The smallest absolute Gasteiger partial charge is 0.246 e. The van der Waals surface area contributed by atoms with Crippen LogP contribution in [-0.2, 0) is 11.3 Å². The van der Waals surface area contributed by atoms with Gasteiger partial charge in [0, 0.05) is 36.1 Å². The summed E-state index contributed by atoms with van der Waals surface area (Å²) < 4.78 is 19.0. The monoisotopic (exact) mass is 459 g/mol. The number of carbonyl (C=O) groups is 1. The minimum Gasteiger partial charge on any atom is -0.491 e. The summed E-state index contributed by atoms with van der Waals surface area (Å²) in [6, 6.07) is 14.5. The second-order valence-electron chi connectivity index (χ2n) is 9.20. The van der Waals surface area contributed by atoms with E-state index in [-0.39, 0.29) is 18.5 Å². The molecule has 5 rings (SSSR count). The van der Waals surface area contributed by atoms with Crippen LogP contribution >= 0.6 is 0 Å². The summed E-state index contributed by atoms with van der Waals surface area (Å²) in [6.45, 7) is 1.29. The lowest BCUT2D eigenvalue weighted by atomic mass is 10.0. The van der Waals surface area contributed by atoms with Crippen molar-refractivity contribution in [2.24, 2.45) is 5.92 Å². The number of alkyl halides is 1. The number of carbonyl (C=O) groups excluding carboxylic acids is 1. The van der Waals surface area contributed by atoms with Gasteiger partial charge in [-0.3, -0.25) is 9.18 Å². The predicted molar refractivity (Wildman–Crippen MR) is 131 cm³/mol. The Morgan fingerprint density at radius 2 is 1.94 bits per heavy atom. The van der Waals surface area contributed by atoms with Crippen molar-refractivity contribution in [1.82, 2.24) is 14.9 Å². The van der Waals surface area contributed by atoms with Crippen molar-refractivity contribution in [3.05, 3.63) is 72.1 Å². The Bertz CT molecular complexity index is 1150. The Hall–Kier alpha value is -3.41. The average Bonchev–Trinajstić information content (AvgIpc) is 3.20. The fourth-order valence-corrected chi connectivity index (χ4v) is 4.85. The highest BCUT2D eigenvalue weighted by molar-refractivity contribution is 5.88. The molecule has 1 fully saturated rings. The molecule has 5 nitrogen and oxygen atoms in total. The van der Waals surface area contributed by atoms with E-state index in [9.17, 15) is 9.18 Å². The van der Waals surface area contributed by atoms with Gasteiger partial charge in [0.2, 0.25) is 5.91 Å². The maximum absolute atomic E-state index is 13.1. The zero-order valence-corrected chi connectivity index (χ0v) is 19.3. The maximum atomic E-state index is 13.1. The molecule has 0 spiro atoms. The number of ether oxygens (including phenoxy) is 1. The summed E-state index contributed by atoms with van der Waals surface area (Å²) in [4.78, 5) is 22.4. The predicted octanol–water partition coefficient (Wildman–Crippen LogP) is 5.94. The molecule has 0 radical (unpaired) electrons. The number of H-pyrrole nitrogens is 1. The zero-order chi connectivity index (χ0) is 23.3. The highest BCUT2D eigenvalue weighted by Gasteiger charge is 2.21. The number of nitrogens with zero attached hydrogens (tertiary/aromatic N) is 2. The zero-order valence-electron chi connectivity index (χ0n) is 19.3. The van der Waals surface area contributed by atoms with Crippen molar-refractivity contribution in [2.75, 3.05) is 19.8 Å². The first-order valence-electron chi connectivity index (χ1n) is 12.1. The third kappa shape index (κ3) is 5.06. The van der Waals surface area contributed by atoms with Crippen LogP contribution in [0.1, 0.15) is 37.7 Å². The highest BCUT2D eigenvalue weighted by Crippen LogP contribution is 2.31. The lowest BCUT2D eigenvalue weighted by Crippen LogP contribution is -2.31. The van der Waals surface area contributed by atoms with E-state index in [1.807, 2.05) is 17.2 Å². The van der Waals surface area contributed by atoms with Gasteiger partial charge < -0.3 is 14.6 Å². The lowest BCUT2D eigenvalue weighted by Gasteiger charge is -2.19. The van der Waals surface area contributed by atoms with E-state index >= 15 is 0 Å². The first-order valence-corrected chi connectivity index (χ1v) is 12.1. The number of allylic oxidation sites excluding steroid dienone is 1. The van der Waals surface area contributed by atoms with Gasteiger partial charge in [-0.15, -0.1) is 0 Å². The number of amides is 1. The molecular formula is C28H30FN3O2.